The van der Waals surface area contributed by atoms with Gasteiger partial charge in [-0.25, -0.2) is 4.98 Å². The van der Waals surface area contributed by atoms with Gasteiger partial charge in [0.15, 0.2) is 5.13 Å². The monoisotopic (exact) mass is 173 g/mol. The van der Waals surface area contributed by atoms with Gasteiger partial charge >= 0.3 is 0 Å². The summed E-state index contributed by atoms with van der Waals surface area (Å²) in [6.07, 6.45) is 0. The number of nitrogen functional groups attached to an aromatic ring is 1. The van der Waals surface area contributed by atoms with Crippen molar-refractivity contribution in [3.63, 3.8) is 0 Å². The standard InChI is InChI=1S/C6H11N3OS/c1-9(10-2)3-5-4-11-6(7)8-5/h4H,3H2,1-2H3,(H2,7,8). The summed E-state index contributed by atoms with van der Waals surface area (Å²) in [6, 6.07) is 0. The quantitative estimate of drug-likeness (QED) is 0.684. The first-order valence-corrected chi connectivity index (χ1v) is 4.05. The van der Waals surface area contributed by atoms with Gasteiger partial charge in [0.05, 0.1) is 19.3 Å². The number of hydrogen-bond donors (Lipinski definition) is 1. The molecule has 1 aromatic heterocycles. The van der Waals surface area contributed by atoms with Crippen LogP contribution < -0.4 is 5.73 Å². The lowest BCUT2D eigenvalue weighted by Gasteiger charge is -2.10. The highest BCUT2D eigenvalue weighted by molar-refractivity contribution is 7.13. The molecule has 0 spiro atoms. The summed E-state index contributed by atoms with van der Waals surface area (Å²) < 4.78 is 0. The van der Waals surface area contributed by atoms with Gasteiger partial charge in [-0.2, -0.15) is 5.06 Å². The topological polar surface area (TPSA) is 51.4 Å². The fourth-order valence-corrected chi connectivity index (χ4v) is 1.24. The Bertz CT molecular complexity index is 225. The molecule has 11 heavy (non-hydrogen) atoms. The van der Waals surface area contributed by atoms with Gasteiger partial charge in [-0.1, -0.05) is 0 Å². The molecule has 0 bridgehead atoms. The van der Waals surface area contributed by atoms with Crippen LogP contribution in [-0.2, 0) is 11.4 Å². The van der Waals surface area contributed by atoms with E-state index in [0.29, 0.717) is 11.7 Å². The van der Waals surface area contributed by atoms with Crippen molar-refractivity contribution in [1.29, 1.82) is 0 Å². The maximum Gasteiger partial charge on any atom is 0.180 e. The van der Waals surface area contributed by atoms with E-state index in [1.54, 1.807) is 12.2 Å². The Hall–Kier alpha value is -0.650. The normalized spacial score (nSPS) is 10.8. The molecule has 4 nitrogen and oxygen atoms in total. The Morgan fingerprint density at radius 3 is 3.00 bits per heavy atom. The van der Waals surface area contributed by atoms with E-state index >= 15 is 0 Å². The van der Waals surface area contributed by atoms with Gasteiger partial charge in [0, 0.05) is 12.4 Å². The predicted molar refractivity (Wildman–Crippen MR) is 45.0 cm³/mol. The third-order valence-electron chi connectivity index (χ3n) is 1.27. The molecule has 5 heteroatoms. The molecule has 0 saturated carbocycles. The number of hydroxylamine groups is 2. The first-order chi connectivity index (χ1) is 5.22. The van der Waals surface area contributed by atoms with Gasteiger partial charge in [-0.3, -0.25) is 0 Å². The SMILES string of the molecule is CON(C)Cc1csc(N)n1. The third kappa shape index (κ3) is 2.45. The van der Waals surface area contributed by atoms with E-state index < -0.39 is 0 Å². The minimum absolute atomic E-state index is 0.601. The molecule has 0 fully saturated rings. The van der Waals surface area contributed by atoms with Crippen LogP contribution in [0.4, 0.5) is 5.13 Å². The van der Waals surface area contributed by atoms with Crippen LogP contribution in [-0.4, -0.2) is 24.2 Å². The Labute approximate surface area is 69.6 Å². The minimum Gasteiger partial charge on any atom is -0.375 e. The Morgan fingerprint density at radius 1 is 1.82 bits per heavy atom. The van der Waals surface area contributed by atoms with Crippen LogP contribution >= 0.6 is 11.3 Å². The smallest absolute Gasteiger partial charge is 0.180 e. The zero-order chi connectivity index (χ0) is 8.27. The first kappa shape index (κ1) is 8.45. The molecule has 62 valence electrons. The highest BCUT2D eigenvalue weighted by Crippen LogP contribution is 2.11. The third-order valence-corrected chi connectivity index (χ3v) is 1.99. The van der Waals surface area contributed by atoms with E-state index in [0.717, 1.165) is 5.69 Å². The predicted octanol–water partition coefficient (Wildman–Crippen LogP) is 0.718. The first-order valence-electron chi connectivity index (χ1n) is 3.17. The summed E-state index contributed by atoms with van der Waals surface area (Å²) >= 11 is 1.44. The molecule has 0 amide bonds. The summed E-state index contributed by atoms with van der Waals surface area (Å²) in [5, 5.41) is 4.21. The van der Waals surface area contributed by atoms with Crippen molar-refractivity contribution in [2.24, 2.45) is 0 Å². The zero-order valence-corrected chi connectivity index (χ0v) is 7.39. The maximum absolute atomic E-state index is 5.44. The van der Waals surface area contributed by atoms with Crippen LogP contribution in [0.15, 0.2) is 5.38 Å². The van der Waals surface area contributed by atoms with Gasteiger partial charge in [-0.15, -0.1) is 11.3 Å². The molecule has 0 aromatic carbocycles. The van der Waals surface area contributed by atoms with Crippen molar-refractivity contribution in [1.82, 2.24) is 10.0 Å². The van der Waals surface area contributed by atoms with E-state index in [-0.39, 0.29) is 0 Å². The van der Waals surface area contributed by atoms with Gasteiger partial charge < -0.3 is 10.6 Å². The number of nitrogens with zero attached hydrogens (tertiary/aromatic N) is 2. The number of hydrogen-bond acceptors (Lipinski definition) is 5. The van der Waals surface area contributed by atoms with E-state index in [4.69, 9.17) is 10.6 Å². The summed E-state index contributed by atoms with van der Waals surface area (Å²) in [6.45, 7) is 0.671. The van der Waals surface area contributed by atoms with Crippen LogP contribution in [0.1, 0.15) is 5.69 Å². The van der Waals surface area contributed by atoms with Gasteiger partial charge in [0.1, 0.15) is 0 Å². The van der Waals surface area contributed by atoms with Crippen LogP contribution in [0.5, 0.6) is 0 Å². The van der Waals surface area contributed by atoms with Crippen molar-refractivity contribution in [3.05, 3.63) is 11.1 Å². The summed E-state index contributed by atoms with van der Waals surface area (Å²) in [7, 11) is 3.46. The second kappa shape index (κ2) is 3.66. The highest BCUT2D eigenvalue weighted by Gasteiger charge is 2.01. The molecule has 0 atom stereocenters. The Balaban J connectivity index is 2.50. The average molecular weight is 173 g/mol. The molecule has 0 unspecified atom stereocenters. The number of thiazole rings is 1. The van der Waals surface area contributed by atoms with E-state index in [1.807, 2.05) is 12.4 Å². The Morgan fingerprint density at radius 2 is 2.55 bits per heavy atom. The Kier molecular flexibility index (Phi) is 2.81. The lowest BCUT2D eigenvalue weighted by Crippen LogP contribution is -2.15. The fraction of sp³-hybridized carbons (Fsp3) is 0.500. The van der Waals surface area contributed by atoms with Crippen LogP contribution in [0.2, 0.25) is 0 Å². The fourth-order valence-electron chi connectivity index (χ4n) is 0.688. The average Bonchev–Trinajstić information content (AvgIpc) is 2.35. The summed E-state index contributed by atoms with van der Waals surface area (Å²) in [4.78, 5) is 8.99. The van der Waals surface area contributed by atoms with Gasteiger partial charge in [0.2, 0.25) is 0 Å². The second-order valence-electron chi connectivity index (χ2n) is 2.15. The highest BCUT2D eigenvalue weighted by atomic mass is 32.1. The van der Waals surface area contributed by atoms with Crippen molar-refractivity contribution in [2.75, 3.05) is 19.9 Å². The van der Waals surface area contributed by atoms with Crippen molar-refractivity contribution in [3.8, 4) is 0 Å². The zero-order valence-electron chi connectivity index (χ0n) is 6.57. The maximum atomic E-state index is 5.44. The molecule has 0 aliphatic heterocycles. The van der Waals surface area contributed by atoms with Gasteiger partial charge in [0.25, 0.3) is 0 Å². The molecule has 1 rings (SSSR count). The summed E-state index contributed by atoms with van der Waals surface area (Å²) in [5.74, 6) is 0. The lowest BCUT2D eigenvalue weighted by molar-refractivity contribution is -0.117. The van der Waals surface area contributed by atoms with Crippen molar-refractivity contribution >= 4 is 16.5 Å². The number of aromatic nitrogens is 1. The van der Waals surface area contributed by atoms with Crippen LogP contribution in [0.3, 0.4) is 0 Å². The minimum atomic E-state index is 0.601. The van der Waals surface area contributed by atoms with Crippen molar-refractivity contribution < 1.29 is 4.84 Å². The van der Waals surface area contributed by atoms with E-state index in [2.05, 4.69) is 4.98 Å². The molecular formula is C6H11N3OS. The largest absolute Gasteiger partial charge is 0.375 e. The van der Waals surface area contributed by atoms with Crippen molar-refractivity contribution in [2.45, 2.75) is 6.54 Å². The molecule has 0 radical (unpaired) electrons. The number of rotatable bonds is 3. The molecule has 0 saturated heterocycles. The van der Waals surface area contributed by atoms with Gasteiger partial charge in [-0.05, 0) is 0 Å². The van der Waals surface area contributed by atoms with Crippen LogP contribution in [0.25, 0.3) is 0 Å². The number of nitrogens with two attached hydrogens (primary N) is 1. The number of anilines is 1. The molecule has 0 aliphatic rings. The molecule has 1 heterocycles. The molecule has 1 aromatic rings. The van der Waals surface area contributed by atoms with Crippen LogP contribution in [0, 0.1) is 0 Å². The van der Waals surface area contributed by atoms with E-state index in [1.165, 1.54) is 11.3 Å². The lowest BCUT2D eigenvalue weighted by atomic mass is 10.5. The summed E-state index contributed by atoms with van der Waals surface area (Å²) in [5.41, 5.74) is 6.39. The molecule has 0 aliphatic carbocycles. The molecular weight excluding hydrogens is 162 g/mol. The second-order valence-corrected chi connectivity index (χ2v) is 3.04. The van der Waals surface area contributed by atoms with E-state index in [9.17, 15) is 0 Å². The molecule has 2 N–H and O–H groups in total.